The van der Waals surface area contributed by atoms with Crippen LogP contribution in [0, 0.1) is 5.92 Å². The van der Waals surface area contributed by atoms with Gasteiger partial charge in [-0.15, -0.1) is 11.8 Å². The van der Waals surface area contributed by atoms with Gasteiger partial charge in [0.1, 0.15) is 5.03 Å². The Balaban J connectivity index is 1.91. The van der Waals surface area contributed by atoms with Gasteiger partial charge in [0.05, 0.1) is 5.56 Å². The van der Waals surface area contributed by atoms with Crippen molar-refractivity contribution in [2.75, 3.05) is 12.3 Å². The van der Waals surface area contributed by atoms with Crippen molar-refractivity contribution >= 4 is 17.7 Å². The molecule has 1 heterocycles. The van der Waals surface area contributed by atoms with Gasteiger partial charge in [-0.25, -0.2) is 4.98 Å². The number of carbonyl (C=O) groups excluding carboxylic acids is 1. The van der Waals surface area contributed by atoms with Crippen LogP contribution in [0.2, 0.25) is 0 Å². The molecule has 0 unspecified atom stereocenters. The number of amides is 1. The van der Waals surface area contributed by atoms with E-state index < -0.39 is 0 Å². The van der Waals surface area contributed by atoms with Crippen molar-refractivity contribution < 1.29 is 4.79 Å². The van der Waals surface area contributed by atoms with Crippen LogP contribution in [-0.2, 0) is 0 Å². The first kappa shape index (κ1) is 14.4. The zero-order chi connectivity index (χ0) is 13.5. The van der Waals surface area contributed by atoms with Gasteiger partial charge in [0.2, 0.25) is 0 Å². The van der Waals surface area contributed by atoms with Crippen LogP contribution in [0.3, 0.4) is 0 Å². The van der Waals surface area contributed by atoms with Gasteiger partial charge < -0.3 is 5.32 Å². The van der Waals surface area contributed by atoms with Crippen molar-refractivity contribution in [1.82, 2.24) is 10.3 Å². The standard InChI is InChI=1S/C15H22N2OS/c1-2-19-15-13(9-6-10-16-15)14(18)17-11-12-7-4-3-5-8-12/h6,9-10,12H,2-5,7-8,11H2,1H3,(H,17,18). The summed E-state index contributed by atoms with van der Waals surface area (Å²) >= 11 is 1.62. The summed E-state index contributed by atoms with van der Waals surface area (Å²) in [6.45, 7) is 2.88. The average Bonchev–Trinajstić information content (AvgIpc) is 2.47. The maximum Gasteiger partial charge on any atom is 0.254 e. The first-order chi connectivity index (χ1) is 9.31. The van der Waals surface area contributed by atoms with Crippen LogP contribution in [0.15, 0.2) is 23.4 Å². The van der Waals surface area contributed by atoms with Crippen molar-refractivity contribution in [2.24, 2.45) is 5.92 Å². The minimum atomic E-state index is 0.0228. The second kappa shape index (κ2) is 7.53. The molecule has 1 aromatic rings. The van der Waals surface area contributed by atoms with E-state index in [0.717, 1.165) is 17.3 Å². The van der Waals surface area contributed by atoms with Crippen LogP contribution in [0.25, 0.3) is 0 Å². The minimum absolute atomic E-state index is 0.0228. The molecule has 104 valence electrons. The lowest BCUT2D eigenvalue weighted by Gasteiger charge is -2.21. The predicted octanol–water partition coefficient (Wildman–Crippen LogP) is 3.50. The van der Waals surface area contributed by atoms with E-state index in [-0.39, 0.29) is 5.91 Å². The zero-order valence-corrected chi connectivity index (χ0v) is 12.3. The van der Waals surface area contributed by atoms with Crippen molar-refractivity contribution in [2.45, 2.75) is 44.1 Å². The summed E-state index contributed by atoms with van der Waals surface area (Å²) in [5, 5.41) is 3.91. The largest absolute Gasteiger partial charge is 0.352 e. The van der Waals surface area contributed by atoms with Crippen LogP contribution in [-0.4, -0.2) is 23.2 Å². The molecule has 1 aromatic heterocycles. The van der Waals surface area contributed by atoms with E-state index in [2.05, 4.69) is 17.2 Å². The summed E-state index contributed by atoms with van der Waals surface area (Å²) in [5.74, 6) is 1.62. The lowest BCUT2D eigenvalue weighted by atomic mass is 9.89. The Morgan fingerprint density at radius 1 is 1.42 bits per heavy atom. The number of aromatic nitrogens is 1. The third-order valence-electron chi connectivity index (χ3n) is 3.57. The molecule has 19 heavy (non-hydrogen) atoms. The number of carbonyl (C=O) groups is 1. The first-order valence-corrected chi connectivity index (χ1v) is 8.16. The highest BCUT2D eigenvalue weighted by molar-refractivity contribution is 7.99. The van der Waals surface area contributed by atoms with Gasteiger partial charge in [-0.05, 0) is 36.6 Å². The molecule has 0 radical (unpaired) electrons. The first-order valence-electron chi connectivity index (χ1n) is 7.17. The Labute approximate surface area is 119 Å². The molecule has 1 N–H and O–H groups in total. The summed E-state index contributed by atoms with van der Waals surface area (Å²) in [6.07, 6.45) is 8.22. The van der Waals surface area contributed by atoms with Crippen molar-refractivity contribution in [3.63, 3.8) is 0 Å². The number of hydrogen-bond acceptors (Lipinski definition) is 3. The molecule has 0 atom stereocenters. The van der Waals surface area contributed by atoms with Crippen LogP contribution in [0.1, 0.15) is 49.4 Å². The summed E-state index contributed by atoms with van der Waals surface area (Å²) in [4.78, 5) is 16.5. The number of nitrogens with one attached hydrogen (secondary N) is 1. The van der Waals surface area contributed by atoms with E-state index in [1.807, 2.05) is 12.1 Å². The molecular weight excluding hydrogens is 256 g/mol. The van der Waals surface area contributed by atoms with E-state index in [1.54, 1.807) is 18.0 Å². The molecule has 2 rings (SSSR count). The normalized spacial score (nSPS) is 16.3. The van der Waals surface area contributed by atoms with Gasteiger partial charge in [0.25, 0.3) is 5.91 Å². The van der Waals surface area contributed by atoms with Crippen LogP contribution in [0.5, 0.6) is 0 Å². The Morgan fingerprint density at radius 3 is 2.95 bits per heavy atom. The lowest BCUT2D eigenvalue weighted by Crippen LogP contribution is -2.30. The van der Waals surface area contributed by atoms with Gasteiger partial charge in [-0.1, -0.05) is 26.2 Å². The molecule has 0 bridgehead atoms. The Morgan fingerprint density at radius 2 is 2.21 bits per heavy atom. The number of rotatable bonds is 5. The summed E-state index contributed by atoms with van der Waals surface area (Å²) < 4.78 is 0. The molecular formula is C15H22N2OS. The highest BCUT2D eigenvalue weighted by Crippen LogP contribution is 2.23. The lowest BCUT2D eigenvalue weighted by molar-refractivity contribution is 0.0940. The molecule has 0 aliphatic heterocycles. The Bertz CT molecular complexity index is 416. The van der Waals surface area contributed by atoms with E-state index in [1.165, 1.54) is 32.1 Å². The molecule has 1 saturated carbocycles. The second-order valence-electron chi connectivity index (χ2n) is 5.00. The quantitative estimate of drug-likeness (QED) is 0.838. The van der Waals surface area contributed by atoms with Gasteiger partial charge in [-0.3, -0.25) is 4.79 Å². The number of pyridine rings is 1. The fraction of sp³-hybridized carbons (Fsp3) is 0.600. The summed E-state index contributed by atoms with van der Waals surface area (Å²) in [7, 11) is 0. The highest BCUT2D eigenvalue weighted by atomic mass is 32.2. The van der Waals surface area contributed by atoms with Gasteiger partial charge >= 0.3 is 0 Å². The Hall–Kier alpha value is -1.03. The molecule has 1 aliphatic rings. The highest BCUT2D eigenvalue weighted by Gasteiger charge is 2.16. The molecule has 0 aromatic carbocycles. The van der Waals surface area contributed by atoms with E-state index in [9.17, 15) is 4.79 Å². The summed E-state index contributed by atoms with van der Waals surface area (Å²) in [5.41, 5.74) is 0.713. The Kier molecular flexibility index (Phi) is 5.70. The third-order valence-corrected chi connectivity index (χ3v) is 4.46. The van der Waals surface area contributed by atoms with E-state index in [0.29, 0.717) is 11.5 Å². The number of nitrogens with zero attached hydrogens (tertiary/aromatic N) is 1. The fourth-order valence-corrected chi connectivity index (χ4v) is 3.26. The van der Waals surface area contributed by atoms with E-state index >= 15 is 0 Å². The van der Waals surface area contributed by atoms with Crippen LogP contribution >= 0.6 is 11.8 Å². The van der Waals surface area contributed by atoms with Crippen LogP contribution in [0.4, 0.5) is 0 Å². The van der Waals surface area contributed by atoms with Crippen molar-refractivity contribution in [1.29, 1.82) is 0 Å². The second-order valence-corrected chi connectivity index (χ2v) is 6.26. The summed E-state index contributed by atoms with van der Waals surface area (Å²) in [6, 6.07) is 3.69. The molecule has 1 fully saturated rings. The van der Waals surface area contributed by atoms with Gasteiger partial charge in [0.15, 0.2) is 0 Å². The van der Waals surface area contributed by atoms with Crippen molar-refractivity contribution in [3.05, 3.63) is 23.9 Å². The molecule has 4 heteroatoms. The maximum absolute atomic E-state index is 12.2. The minimum Gasteiger partial charge on any atom is -0.352 e. The zero-order valence-electron chi connectivity index (χ0n) is 11.5. The van der Waals surface area contributed by atoms with E-state index in [4.69, 9.17) is 0 Å². The molecule has 1 aliphatic carbocycles. The number of thioether (sulfide) groups is 1. The predicted molar refractivity (Wildman–Crippen MR) is 79.5 cm³/mol. The van der Waals surface area contributed by atoms with Crippen molar-refractivity contribution in [3.8, 4) is 0 Å². The average molecular weight is 278 g/mol. The van der Waals surface area contributed by atoms with Gasteiger partial charge in [0, 0.05) is 12.7 Å². The third kappa shape index (κ3) is 4.23. The smallest absolute Gasteiger partial charge is 0.254 e. The van der Waals surface area contributed by atoms with Gasteiger partial charge in [-0.2, -0.15) is 0 Å². The fourth-order valence-electron chi connectivity index (χ4n) is 2.54. The topological polar surface area (TPSA) is 42.0 Å². The molecule has 1 amide bonds. The molecule has 0 spiro atoms. The monoisotopic (exact) mass is 278 g/mol. The molecule has 0 saturated heterocycles. The SMILES string of the molecule is CCSc1ncccc1C(=O)NCC1CCCCC1. The maximum atomic E-state index is 12.2. The number of hydrogen-bond donors (Lipinski definition) is 1. The molecule has 3 nitrogen and oxygen atoms in total. The van der Waals surface area contributed by atoms with Crippen LogP contribution < -0.4 is 5.32 Å².